The van der Waals surface area contributed by atoms with E-state index >= 15 is 0 Å². The Morgan fingerprint density at radius 3 is 2.58 bits per heavy atom. The van der Waals surface area contributed by atoms with Crippen LogP contribution in [0.2, 0.25) is 0 Å². The molecular weight excluding hydrogens is 396 g/mol. The van der Waals surface area contributed by atoms with Crippen LogP contribution in [-0.4, -0.2) is 44.1 Å². The van der Waals surface area contributed by atoms with Crippen molar-refractivity contribution in [1.29, 1.82) is 0 Å². The first kappa shape index (κ1) is 24.5. The van der Waals surface area contributed by atoms with Gasteiger partial charge in [-0.15, -0.1) is 6.58 Å². The van der Waals surface area contributed by atoms with Gasteiger partial charge in [0.2, 0.25) is 0 Å². The number of fused-ring (bicyclic) bond motifs is 1. The van der Waals surface area contributed by atoms with Crippen LogP contribution in [0.4, 0.5) is 0 Å². The molecule has 2 rings (SSSR count). The van der Waals surface area contributed by atoms with Gasteiger partial charge in [-0.2, -0.15) is 0 Å². The summed E-state index contributed by atoms with van der Waals surface area (Å²) in [5.41, 5.74) is 0.585. The molecule has 1 aromatic carbocycles. The standard InChI is InChI=1S/C25H34O6/c1-9-24(3,4)31-22-16-29-20-13-11-18(15-21(20)30-25(22,5)6)10-12-19(27-7)17(2)14-23(26)28-8/h9-13,15,22H,1,14,16H2,2-8H3/b12-10+,19-17+/t22-/m0/s1. The molecule has 31 heavy (non-hydrogen) atoms. The van der Waals surface area contributed by atoms with E-state index in [9.17, 15) is 4.79 Å². The number of hydrogen-bond acceptors (Lipinski definition) is 6. The number of rotatable bonds is 8. The van der Waals surface area contributed by atoms with E-state index in [-0.39, 0.29) is 18.5 Å². The van der Waals surface area contributed by atoms with Gasteiger partial charge >= 0.3 is 5.97 Å². The normalized spacial score (nSPS) is 18.7. The minimum Gasteiger partial charge on any atom is -0.497 e. The molecule has 0 saturated carbocycles. The topological polar surface area (TPSA) is 63.2 Å². The van der Waals surface area contributed by atoms with Crippen LogP contribution >= 0.6 is 0 Å². The lowest BCUT2D eigenvalue weighted by Gasteiger charge is -2.36. The van der Waals surface area contributed by atoms with Crippen LogP contribution in [0.1, 0.15) is 46.6 Å². The Kier molecular flexibility index (Phi) is 7.96. The van der Waals surface area contributed by atoms with Crippen molar-refractivity contribution in [2.24, 2.45) is 0 Å². The van der Waals surface area contributed by atoms with Crippen molar-refractivity contribution in [3.8, 4) is 11.5 Å². The first-order chi connectivity index (χ1) is 14.5. The molecule has 0 amide bonds. The molecular formula is C25H34O6. The van der Waals surface area contributed by atoms with Crippen LogP contribution in [0.25, 0.3) is 6.08 Å². The second-order valence-electron chi connectivity index (χ2n) is 8.57. The SMILES string of the molecule is C=CC(C)(C)O[C@H]1COc2ccc(/C=C/C(OC)=C(/C)CC(=O)OC)cc2OC1(C)C. The average Bonchev–Trinajstić information content (AvgIpc) is 2.83. The van der Waals surface area contributed by atoms with E-state index in [1.54, 1.807) is 13.2 Å². The van der Waals surface area contributed by atoms with Gasteiger partial charge in [0.15, 0.2) is 11.5 Å². The Hall–Kier alpha value is -2.73. The van der Waals surface area contributed by atoms with Gasteiger partial charge in [0.25, 0.3) is 0 Å². The average molecular weight is 431 g/mol. The molecule has 0 fully saturated rings. The van der Waals surface area contributed by atoms with Crippen molar-refractivity contribution in [3.05, 3.63) is 53.8 Å². The lowest BCUT2D eigenvalue weighted by Crippen LogP contribution is -2.49. The van der Waals surface area contributed by atoms with Crippen LogP contribution in [-0.2, 0) is 19.0 Å². The molecule has 1 aliphatic rings. The summed E-state index contributed by atoms with van der Waals surface area (Å²) in [5, 5.41) is 0. The van der Waals surface area contributed by atoms with E-state index in [0.717, 1.165) is 11.1 Å². The van der Waals surface area contributed by atoms with Crippen molar-refractivity contribution < 1.29 is 28.5 Å². The van der Waals surface area contributed by atoms with Crippen molar-refractivity contribution in [2.45, 2.75) is 58.3 Å². The zero-order valence-electron chi connectivity index (χ0n) is 19.6. The number of methoxy groups -OCH3 is 2. The number of allylic oxidation sites excluding steroid dienone is 1. The molecule has 1 heterocycles. The van der Waals surface area contributed by atoms with Crippen LogP contribution < -0.4 is 9.47 Å². The fourth-order valence-electron chi connectivity index (χ4n) is 3.07. The lowest BCUT2D eigenvalue weighted by atomic mass is 10.0. The van der Waals surface area contributed by atoms with Crippen molar-refractivity contribution >= 4 is 12.0 Å². The Balaban J connectivity index is 2.24. The zero-order valence-corrected chi connectivity index (χ0v) is 19.6. The molecule has 6 heteroatoms. The maximum atomic E-state index is 11.5. The maximum Gasteiger partial charge on any atom is 0.309 e. The summed E-state index contributed by atoms with van der Waals surface area (Å²) in [6, 6.07) is 5.73. The van der Waals surface area contributed by atoms with Crippen LogP contribution in [0.3, 0.4) is 0 Å². The summed E-state index contributed by atoms with van der Waals surface area (Å²) in [5.74, 6) is 1.61. The molecule has 0 aromatic heterocycles. The van der Waals surface area contributed by atoms with E-state index < -0.39 is 11.2 Å². The summed E-state index contributed by atoms with van der Waals surface area (Å²) in [6.07, 6.45) is 5.38. The molecule has 0 N–H and O–H groups in total. The third-order valence-electron chi connectivity index (χ3n) is 5.15. The van der Waals surface area contributed by atoms with Crippen LogP contribution in [0.15, 0.2) is 48.3 Å². The van der Waals surface area contributed by atoms with E-state index in [4.69, 9.17) is 23.7 Å². The molecule has 1 aliphatic heterocycles. The van der Waals surface area contributed by atoms with Gasteiger partial charge in [0, 0.05) is 0 Å². The Morgan fingerprint density at radius 2 is 1.97 bits per heavy atom. The van der Waals surface area contributed by atoms with Gasteiger partial charge in [-0.3, -0.25) is 4.79 Å². The number of hydrogen-bond donors (Lipinski definition) is 0. The molecule has 1 aromatic rings. The molecule has 0 spiro atoms. The fourth-order valence-corrected chi connectivity index (χ4v) is 3.07. The number of esters is 1. The third-order valence-corrected chi connectivity index (χ3v) is 5.15. The minimum absolute atomic E-state index is 0.168. The molecule has 1 atom stereocenters. The van der Waals surface area contributed by atoms with Gasteiger partial charge in [0.1, 0.15) is 24.1 Å². The molecule has 0 bridgehead atoms. The van der Waals surface area contributed by atoms with Crippen molar-refractivity contribution in [1.82, 2.24) is 0 Å². The first-order valence-electron chi connectivity index (χ1n) is 10.3. The summed E-state index contributed by atoms with van der Waals surface area (Å²) in [4.78, 5) is 11.5. The minimum atomic E-state index is -0.609. The summed E-state index contributed by atoms with van der Waals surface area (Å²) < 4.78 is 28.6. The fraction of sp³-hybridized carbons (Fsp3) is 0.480. The van der Waals surface area contributed by atoms with Gasteiger partial charge in [0.05, 0.1) is 26.2 Å². The largest absolute Gasteiger partial charge is 0.497 e. The Labute approximate surface area is 185 Å². The van der Waals surface area contributed by atoms with Crippen molar-refractivity contribution in [3.63, 3.8) is 0 Å². The predicted octanol–water partition coefficient (Wildman–Crippen LogP) is 5.08. The second kappa shape index (κ2) is 10.1. The maximum absolute atomic E-state index is 11.5. The second-order valence-corrected chi connectivity index (χ2v) is 8.57. The van der Waals surface area contributed by atoms with Crippen LogP contribution in [0.5, 0.6) is 11.5 Å². The van der Waals surface area contributed by atoms with Gasteiger partial charge in [-0.1, -0.05) is 18.2 Å². The Bertz CT molecular complexity index is 863. The van der Waals surface area contributed by atoms with E-state index in [1.807, 2.05) is 65.0 Å². The Morgan fingerprint density at radius 1 is 1.26 bits per heavy atom. The quantitative estimate of drug-likeness (QED) is 0.248. The first-order valence-corrected chi connectivity index (χ1v) is 10.3. The smallest absolute Gasteiger partial charge is 0.309 e. The molecule has 6 nitrogen and oxygen atoms in total. The van der Waals surface area contributed by atoms with Gasteiger partial charge in [-0.05, 0) is 64.0 Å². The zero-order chi connectivity index (χ0) is 23.2. The van der Waals surface area contributed by atoms with E-state index in [0.29, 0.717) is 23.9 Å². The number of benzene rings is 1. The highest BCUT2D eigenvalue weighted by molar-refractivity contribution is 5.72. The van der Waals surface area contributed by atoms with Gasteiger partial charge in [-0.25, -0.2) is 0 Å². The highest BCUT2D eigenvalue weighted by Crippen LogP contribution is 2.37. The molecule has 0 radical (unpaired) electrons. The van der Waals surface area contributed by atoms with Gasteiger partial charge < -0.3 is 23.7 Å². The number of carbonyl (C=O) groups is 1. The molecule has 0 saturated heterocycles. The van der Waals surface area contributed by atoms with E-state index in [2.05, 4.69) is 6.58 Å². The molecule has 170 valence electrons. The number of carbonyl (C=O) groups excluding carboxylic acids is 1. The number of ether oxygens (including phenoxy) is 5. The third kappa shape index (κ3) is 6.62. The van der Waals surface area contributed by atoms with E-state index in [1.165, 1.54) is 7.11 Å². The molecule has 0 unspecified atom stereocenters. The highest BCUT2D eigenvalue weighted by atomic mass is 16.6. The monoisotopic (exact) mass is 430 g/mol. The summed E-state index contributed by atoms with van der Waals surface area (Å²) in [7, 11) is 2.94. The lowest BCUT2D eigenvalue weighted by molar-refractivity contribution is -0.139. The summed E-state index contributed by atoms with van der Waals surface area (Å²) in [6.45, 7) is 13.9. The molecule has 0 aliphatic carbocycles. The predicted molar refractivity (Wildman–Crippen MR) is 121 cm³/mol. The van der Waals surface area contributed by atoms with Crippen molar-refractivity contribution in [2.75, 3.05) is 20.8 Å². The summed E-state index contributed by atoms with van der Waals surface area (Å²) >= 11 is 0. The highest BCUT2D eigenvalue weighted by Gasteiger charge is 2.39. The van der Waals surface area contributed by atoms with Crippen LogP contribution in [0, 0.1) is 0 Å².